The molecule has 15 heteroatoms. The van der Waals surface area contributed by atoms with Gasteiger partial charge < -0.3 is 19.9 Å². The fourth-order valence-corrected chi connectivity index (χ4v) is 8.71. The second-order valence-electron chi connectivity index (χ2n) is 11.9. The molecule has 2 amide bonds. The molecule has 0 unspecified atom stereocenters. The van der Waals surface area contributed by atoms with Gasteiger partial charge >= 0.3 is 5.97 Å². The van der Waals surface area contributed by atoms with E-state index in [-0.39, 0.29) is 46.7 Å². The van der Waals surface area contributed by atoms with Crippen molar-refractivity contribution >= 4 is 62.0 Å². The van der Waals surface area contributed by atoms with Crippen molar-refractivity contribution in [3.05, 3.63) is 52.5 Å². The first-order valence-corrected chi connectivity index (χ1v) is 17.8. The number of aryl methyl sites for hydroxylation is 1. The van der Waals surface area contributed by atoms with Gasteiger partial charge in [-0.15, -0.1) is 0 Å². The lowest BCUT2D eigenvalue weighted by molar-refractivity contribution is -0.143. The summed E-state index contributed by atoms with van der Waals surface area (Å²) in [4.78, 5) is 48.9. The molecule has 5 rings (SSSR count). The molecule has 12 nitrogen and oxygen atoms in total. The standard InChI is InChI=1S/C31H38Cl2N6O6S/c1-2-4-28-35-25-18-34-11-8-26(25)38(28)19-20-9-13-37(14-10-20)29(40)7-6-24(31(42)43)36-30(41)27-5-3-12-39(27)46(44,45)23-16-21(32)15-22(33)17-23/h8,11,15-18,20,24,27H,2-7,9-10,12-14,19H2,1H3,(H,36,41)(H,42,43)/t24-,27+/m0/s1. The molecular weight excluding hydrogens is 655 g/mol. The number of pyridine rings is 1. The molecule has 2 atom stereocenters. The summed E-state index contributed by atoms with van der Waals surface area (Å²) in [6.07, 6.45) is 7.51. The molecule has 2 saturated heterocycles. The van der Waals surface area contributed by atoms with E-state index in [0.717, 1.165) is 53.4 Å². The molecular formula is C31H38Cl2N6O6S. The number of nitrogens with zero attached hydrogens (tertiary/aromatic N) is 5. The van der Waals surface area contributed by atoms with E-state index in [1.165, 1.54) is 18.2 Å². The number of carboxylic acid groups (broad SMARTS) is 1. The van der Waals surface area contributed by atoms with Crippen LogP contribution in [0.3, 0.4) is 0 Å². The fourth-order valence-electron chi connectivity index (χ4n) is 6.33. The summed E-state index contributed by atoms with van der Waals surface area (Å²) in [6.45, 7) is 4.15. The number of carbonyl (C=O) groups excluding carboxylic acids is 2. The number of rotatable bonds is 12. The molecule has 2 aromatic heterocycles. The number of benzene rings is 1. The van der Waals surface area contributed by atoms with Gasteiger partial charge in [-0.3, -0.25) is 14.6 Å². The van der Waals surface area contributed by atoms with Crippen molar-refractivity contribution in [3.8, 4) is 0 Å². The normalized spacial score (nSPS) is 18.6. The lowest BCUT2D eigenvalue weighted by Crippen LogP contribution is -2.51. The number of aromatic nitrogens is 3. The van der Waals surface area contributed by atoms with Crippen LogP contribution in [0.4, 0.5) is 0 Å². The van der Waals surface area contributed by atoms with E-state index < -0.39 is 34.0 Å². The Kier molecular flexibility index (Phi) is 10.9. The first kappa shape index (κ1) is 34.1. The highest BCUT2D eigenvalue weighted by molar-refractivity contribution is 7.89. The summed E-state index contributed by atoms with van der Waals surface area (Å²) >= 11 is 12.0. The fraction of sp³-hybridized carbons (Fsp3) is 0.516. The molecule has 3 aromatic rings. The van der Waals surface area contributed by atoms with Gasteiger partial charge in [-0.2, -0.15) is 4.31 Å². The summed E-state index contributed by atoms with van der Waals surface area (Å²) in [6, 6.07) is 3.46. The molecule has 0 saturated carbocycles. The van der Waals surface area contributed by atoms with Crippen LogP contribution < -0.4 is 5.32 Å². The topological polar surface area (TPSA) is 155 Å². The Morgan fingerprint density at radius 1 is 1.09 bits per heavy atom. The Labute approximate surface area is 278 Å². The van der Waals surface area contributed by atoms with Crippen molar-refractivity contribution in [2.24, 2.45) is 5.92 Å². The van der Waals surface area contributed by atoms with Gasteiger partial charge in [-0.05, 0) is 68.7 Å². The number of fused-ring (bicyclic) bond motifs is 1. The zero-order valence-electron chi connectivity index (χ0n) is 25.6. The third-order valence-electron chi connectivity index (χ3n) is 8.72. The summed E-state index contributed by atoms with van der Waals surface area (Å²) in [5.41, 5.74) is 1.94. The van der Waals surface area contributed by atoms with Crippen LogP contribution in [-0.2, 0) is 37.4 Å². The van der Waals surface area contributed by atoms with Crippen LogP contribution >= 0.6 is 23.2 Å². The molecule has 2 fully saturated rings. The number of nitrogens with one attached hydrogen (secondary N) is 1. The highest BCUT2D eigenvalue weighted by atomic mass is 35.5. The monoisotopic (exact) mass is 692 g/mol. The number of imidazole rings is 1. The van der Waals surface area contributed by atoms with Gasteiger partial charge in [0.1, 0.15) is 23.4 Å². The number of piperidine rings is 1. The van der Waals surface area contributed by atoms with E-state index in [0.29, 0.717) is 25.4 Å². The third kappa shape index (κ3) is 7.64. The lowest BCUT2D eigenvalue weighted by atomic mass is 9.96. The van der Waals surface area contributed by atoms with Crippen molar-refractivity contribution in [2.45, 2.75) is 81.8 Å². The van der Waals surface area contributed by atoms with Gasteiger partial charge in [-0.25, -0.2) is 18.2 Å². The average molecular weight is 694 g/mol. The Balaban J connectivity index is 1.15. The number of carbonyl (C=O) groups is 3. The van der Waals surface area contributed by atoms with E-state index in [4.69, 9.17) is 28.2 Å². The summed E-state index contributed by atoms with van der Waals surface area (Å²) in [5.74, 6) is -0.782. The predicted molar refractivity (Wildman–Crippen MR) is 173 cm³/mol. The van der Waals surface area contributed by atoms with Crippen LogP contribution in [0.25, 0.3) is 11.0 Å². The number of hydrogen-bond donors (Lipinski definition) is 2. The summed E-state index contributed by atoms with van der Waals surface area (Å²) in [7, 11) is -4.12. The first-order chi connectivity index (χ1) is 22.0. The Morgan fingerprint density at radius 3 is 2.48 bits per heavy atom. The second kappa shape index (κ2) is 14.7. The number of sulfonamides is 1. The molecule has 2 aliphatic heterocycles. The molecule has 2 N–H and O–H groups in total. The summed E-state index contributed by atoms with van der Waals surface area (Å²) in [5, 5.41) is 12.6. The third-order valence-corrected chi connectivity index (χ3v) is 11.0. The van der Waals surface area contributed by atoms with Crippen LogP contribution in [-0.4, -0.2) is 86.8 Å². The van der Waals surface area contributed by atoms with E-state index in [2.05, 4.69) is 21.8 Å². The molecule has 4 heterocycles. The van der Waals surface area contributed by atoms with Crippen LogP contribution in [0.15, 0.2) is 41.6 Å². The maximum absolute atomic E-state index is 13.3. The van der Waals surface area contributed by atoms with Crippen molar-refractivity contribution in [1.29, 1.82) is 0 Å². The molecule has 1 aromatic carbocycles. The van der Waals surface area contributed by atoms with Gasteiger partial charge in [0, 0.05) is 55.3 Å². The van der Waals surface area contributed by atoms with Crippen molar-refractivity contribution in [3.63, 3.8) is 0 Å². The number of halogens is 2. The zero-order chi connectivity index (χ0) is 33.0. The minimum absolute atomic E-state index is 0.0601. The largest absolute Gasteiger partial charge is 0.480 e. The molecule has 0 aliphatic carbocycles. The van der Waals surface area contributed by atoms with E-state index >= 15 is 0 Å². The van der Waals surface area contributed by atoms with E-state index in [1.807, 2.05) is 6.07 Å². The number of carboxylic acids is 1. The Morgan fingerprint density at radius 2 is 1.80 bits per heavy atom. The van der Waals surface area contributed by atoms with Crippen LogP contribution in [0.1, 0.15) is 57.7 Å². The highest BCUT2D eigenvalue weighted by Gasteiger charge is 2.41. The molecule has 0 bridgehead atoms. The molecule has 46 heavy (non-hydrogen) atoms. The van der Waals surface area contributed by atoms with Crippen molar-refractivity contribution < 1.29 is 27.9 Å². The number of likely N-dealkylation sites (tertiary alicyclic amines) is 1. The lowest BCUT2D eigenvalue weighted by Gasteiger charge is -2.33. The van der Waals surface area contributed by atoms with Crippen molar-refractivity contribution in [2.75, 3.05) is 19.6 Å². The Hall–Kier alpha value is -3.26. The summed E-state index contributed by atoms with van der Waals surface area (Å²) < 4.78 is 30.0. The van der Waals surface area contributed by atoms with Gasteiger partial charge in [0.2, 0.25) is 21.8 Å². The molecule has 248 valence electrons. The van der Waals surface area contributed by atoms with Gasteiger partial charge in [0.15, 0.2) is 0 Å². The molecule has 2 aliphatic rings. The van der Waals surface area contributed by atoms with Crippen molar-refractivity contribution in [1.82, 2.24) is 29.1 Å². The number of amides is 2. The predicted octanol–water partition coefficient (Wildman–Crippen LogP) is 4.13. The average Bonchev–Trinajstić information content (AvgIpc) is 3.65. The zero-order valence-corrected chi connectivity index (χ0v) is 27.9. The minimum atomic E-state index is -4.12. The second-order valence-corrected chi connectivity index (χ2v) is 14.7. The number of hydrogen-bond acceptors (Lipinski definition) is 7. The first-order valence-electron chi connectivity index (χ1n) is 15.6. The van der Waals surface area contributed by atoms with Gasteiger partial charge in [0.05, 0.1) is 16.6 Å². The smallest absolute Gasteiger partial charge is 0.326 e. The van der Waals surface area contributed by atoms with E-state index in [9.17, 15) is 27.9 Å². The van der Waals surface area contributed by atoms with E-state index in [1.54, 1.807) is 17.3 Å². The van der Waals surface area contributed by atoms with Crippen LogP contribution in [0.2, 0.25) is 10.0 Å². The minimum Gasteiger partial charge on any atom is -0.480 e. The maximum atomic E-state index is 13.3. The van der Waals surface area contributed by atoms with Crippen LogP contribution in [0, 0.1) is 5.92 Å². The Bertz CT molecular complexity index is 1690. The number of aliphatic carboxylic acids is 1. The van der Waals surface area contributed by atoms with Gasteiger partial charge in [-0.1, -0.05) is 30.1 Å². The molecule has 0 radical (unpaired) electrons. The quantitative estimate of drug-likeness (QED) is 0.287. The highest BCUT2D eigenvalue weighted by Crippen LogP contribution is 2.30. The maximum Gasteiger partial charge on any atom is 0.326 e. The molecule has 0 spiro atoms. The van der Waals surface area contributed by atoms with Crippen LogP contribution in [0.5, 0.6) is 0 Å². The SMILES string of the molecule is CCCc1nc2cnccc2n1CC1CCN(C(=O)CC[C@H](NC(=O)[C@H]2CCCN2S(=O)(=O)c2cc(Cl)cc(Cl)c2)C(=O)O)CC1. The van der Waals surface area contributed by atoms with Gasteiger partial charge in [0.25, 0.3) is 0 Å².